The van der Waals surface area contributed by atoms with E-state index in [1.807, 2.05) is 0 Å². The predicted octanol–water partition coefficient (Wildman–Crippen LogP) is 2.02. The van der Waals surface area contributed by atoms with Crippen molar-refractivity contribution in [1.29, 1.82) is 0 Å². The van der Waals surface area contributed by atoms with E-state index in [2.05, 4.69) is 9.47 Å². The molecule has 7 heteroatoms. The quantitative estimate of drug-likeness (QED) is 0.441. The van der Waals surface area contributed by atoms with Gasteiger partial charge in [0.05, 0.1) is 25.4 Å². The zero-order valence-corrected chi connectivity index (χ0v) is 12.3. The van der Waals surface area contributed by atoms with Crippen LogP contribution in [0.2, 0.25) is 0 Å². The summed E-state index contributed by atoms with van der Waals surface area (Å²) in [5.74, 6) is -1.07. The first-order valence-electron chi connectivity index (χ1n) is 5.41. The molecule has 0 bridgehead atoms. The molecule has 0 unspecified atom stereocenters. The number of carbonyl (C=O) groups excluding carboxylic acids is 2. The number of aliphatic hydroxyl groups is 2. The summed E-state index contributed by atoms with van der Waals surface area (Å²) >= 11 is 0. The molecule has 0 amide bonds. The third-order valence-electron chi connectivity index (χ3n) is 1.24. The second kappa shape index (κ2) is 14.6. The number of hydrogen-bond donors (Lipinski definition) is 2. The molecule has 0 fully saturated rings. The monoisotopic (exact) mass is 323 g/mol. The van der Waals surface area contributed by atoms with Crippen molar-refractivity contribution in [3.8, 4) is 0 Å². The Bertz CT molecular complexity index is 290. The molecule has 0 saturated heterocycles. The first kappa shape index (κ1) is 22.7. The van der Waals surface area contributed by atoms with Crippen LogP contribution in [0, 0.1) is 0 Å². The number of aliphatic hydroxyl groups excluding tert-OH is 2. The molecule has 0 aliphatic carbocycles. The first-order valence-corrected chi connectivity index (χ1v) is 5.41. The Balaban J connectivity index is -0.000000256. The van der Waals surface area contributed by atoms with Crippen molar-refractivity contribution in [2.45, 2.75) is 27.7 Å². The number of ether oxygens (including phenoxy) is 2. The van der Waals surface area contributed by atoms with Gasteiger partial charge in [-0.25, -0.2) is 0 Å². The van der Waals surface area contributed by atoms with Crippen molar-refractivity contribution in [2.75, 3.05) is 13.2 Å². The molecule has 0 rings (SSSR count). The van der Waals surface area contributed by atoms with Gasteiger partial charge < -0.3 is 19.7 Å². The zero-order valence-electron chi connectivity index (χ0n) is 11.4. The fraction of sp³-hybridized carbons (Fsp3) is 0.500. The number of ketones is 2. The third kappa shape index (κ3) is 22.2. The summed E-state index contributed by atoms with van der Waals surface area (Å²) < 4.78 is 9.10. The molecule has 0 spiro atoms. The third-order valence-corrected chi connectivity index (χ3v) is 1.24. The zero-order chi connectivity index (χ0) is 14.6. The molecule has 0 aromatic rings. The van der Waals surface area contributed by atoms with Gasteiger partial charge in [0.25, 0.3) is 11.9 Å². The molecule has 2 N–H and O–H groups in total. The fourth-order valence-electron chi connectivity index (χ4n) is 0.727. The van der Waals surface area contributed by atoms with Crippen LogP contribution < -0.4 is 0 Å². The van der Waals surface area contributed by atoms with Gasteiger partial charge in [0.2, 0.25) is 0 Å². The SMILES string of the molecule is CCOC(O)=CC(C)=O.CCOC(O)=CC(C)=O.[Cu]. The van der Waals surface area contributed by atoms with Gasteiger partial charge in [0.1, 0.15) is 0 Å². The van der Waals surface area contributed by atoms with Crippen LogP contribution in [0.25, 0.3) is 0 Å². The van der Waals surface area contributed by atoms with Crippen molar-refractivity contribution < 1.29 is 46.3 Å². The van der Waals surface area contributed by atoms with Gasteiger partial charge in [-0.1, -0.05) is 0 Å². The summed E-state index contributed by atoms with van der Waals surface area (Å²) in [6.45, 7) is 6.88. The van der Waals surface area contributed by atoms with Crippen LogP contribution >= 0.6 is 0 Å². The molecule has 0 atom stereocenters. The number of allylic oxidation sites excluding steroid dienone is 2. The number of hydrogen-bond acceptors (Lipinski definition) is 6. The molecular weight excluding hydrogens is 304 g/mol. The van der Waals surface area contributed by atoms with E-state index in [0.717, 1.165) is 12.2 Å². The van der Waals surface area contributed by atoms with E-state index in [-0.39, 0.29) is 40.5 Å². The van der Waals surface area contributed by atoms with Crippen molar-refractivity contribution >= 4 is 11.6 Å². The minimum Gasteiger partial charge on any atom is -0.481 e. The Morgan fingerprint density at radius 3 is 1.32 bits per heavy atom. The number of carbonyl (C=O) groups is 2. The van der Waals surface area contributed by atoms with Gasteiger partial charge in [-0.15, -0.1) is 0 Å². The summed E-state index contributed by atoms with van der Waals surface area (Å²) in [6, 6.07) is 0. The van der Waals surface area contributed by atoms with Gasteiger partial charge in [0.15, 0.2) is 11.6 Å². The normalized spacial score (nSPS) is 10.5. The van der Waals surface area contributed by atoms with E-state index < -0.39 is 0 Å². The molecule has 0 aliphatic heterocycles. The van der Waals surface area contributed by atoms with Crippen molar-refractivity contribution in [1.82, 2.24) is 0 Å². The molecule has 115 valence electrons. The second-order valence-corrected chi connectivity index (χ2v) is 3.05. The summed E-state index contributed by atoms with van der Waals surface area (Å²) in [5.41, 5.74) is 0. The second-order valence-electron chi connectivity index (χ2n) is 3.05. The van der Waals surface area contributed by atoms with E-state index in [4.69, 9.17) is 10.2 Å². The maximum atomic E-state index is 10.2. The average Bonchev–Trinajstić information content (AvgIpc) is 2.16. The Kier molecular flexibility index (Phi) is 17.4. The van der Waals surface area contributed by atoms with Crippen LogP contribution in [-0.2, 0) is 36.1 Å². The topological polar surface area (TPSA) is 93.1 Å². The number of rotatable bonds is 6. The Morgan fingerprint density at radius 1 is 0.895 bits per heavy atom. The van der Waals surface area contributed by atoms with E-state index in [1.165, 1.54) is 13.8 Å². The fourth-order valence-corrected chi connectivity index (χ4v) is 0.727. The molecule has 1 radical (unpaired) electrons. The van der Waals surface area contributed by atoms with Crippen LogP contribution in [0.1, 0.15) is 27.7 Å². The maximum absolute atomic E-state index is 10.2. The molecule has 0 saturated carbocycles. The van der Waals surface area contributed by atoms with Crippen LogP contribution in [0.3, 0.4) is 0 Å². The first-order chi connectivity index (χ1) is 8.33. The largest absolute Gasteiger partial charge is 0.481 e. The van der Waals surface area contributed by atoms with Gasteiger partial charge in [0, 0.05) is 17.1 Å². The summed E-state index contributed by atoms with van der Waals surface area (Å²) in [4.78, 5) is 20.4. The van der Waals surface area contributed by atoms with E-state index in [9.17, 15) is 9.59 Å². The summed E-state index contributed by atoms with van der Waals surface area (Å²) in [6.07, 6.45) is 2.06. The Morgan fingerprint density at radius 2 is 1.16 bits per heavy atom. The minimum absolute atomic E-state index is 0. The van der Waals surface area contributed by atoms with Gasteiger partial charge in [-0.3, -0.25) is 9.59 Å². The van der Waals surface area contributed by atoms with Crippen molar-refractivity contribution in [3.05, 3.63) is 24.0 Å². The average molecular weight is 324 g/mol. The van der Waals surface area contributed by atoms with Crippen LogP contribution in [0.5, 0.6) is 0 Å². The molecule has 0 aromatic carbocycles. The molecule has 0 heterocycles. The van der Waals surface area contributed by atoms with Crippen LogP contribution in [0.4, 0.5) is 0 Å². The minimum atomic E-state index is -0.315. The van der Waals surface area contributed by atoms with Crippen molar-refractivity contribution in [3.63, 3.8) is 0 Å². The van der Waals surface area contributed by atoms with Crippen LogP contribution in [0.15, 0.2) is 24.0 Å². The van der Waals surface area contributed by atoms with E-state index in [1.54, 1.807) is 13.8 Å². The predicted molar refractivity (Wildman–Crippen MR) is 66.0 cm³/mol. The van der Waals surface area contributed by atoms with Gasteiger partial charge >= 0.3 is 0 Å². The molecule has 0 aliphatic rings. The van der Waals surface area contributed by atoms with Crippen LogP contribution in [-0.4, -0.2) is 35.0 Å². The summed E-state index contributed by atoms with van der Waals surface area (Å²) in [7, 11) is 0. The van der Waals surface area contributed by atoms with E-state index >= 15 is 0 Å². The van der Waals surface area contributed by atoms with Crippen molar-refractivity contribution in [2.24, 2.45) is 0 Å². The summed E-state index contributed by atoms with van der Waals surface area (Å²) in [5, 5.41) is 17.3. The molecule has 0 aromatic heterocycles. The Labute approximate surface area is 123 Å². The Hall–Kier alpha value is -1.46. The maximum Gasteiger partial charge on any atom is 0.280 e. The molecular formula is C12H20CuO6. The smallest absolute Gasteiger partial charge is 0.280 e. The van der Waals surface area contributed by atoms with Gasteiger partial charge in [-0.05, 0) is 27.7 Å². The molecule has 6 nitrogen and oxygen atoms in total. The van der Waals surface area contributed by atoms with Gasteiger partial charge in [-0.2, -0.15) is 0 Å². The van der Waals surface area contributed by atoms with E-state index in [0.29, 0.717) is 13.2 Å². The standard InChI is InChI=1S/2C6H10O3.Cu/c2*1-3-9-6(8)4-5(2)7;/h2*4,8H,3H2,1-2H3;. The molecule has 19 heavy (non-hydrogen) atoms.